The number of benzene rings is 1. The predicted octanol–water partition coefficient (Wildman–Crippen LogP) is -1.86. The first-order chi connectivity index (χ1) is 6.49. The fraction of sp³-hybridized carbons (Fsp3) is 0. The second-order valence-corrected chi connectivity index (χ2v) is 4.37. The van der Waals surface area contributed by atoms with Crippen LogP contribution in [0.4, 0.5) is 5.69 Å². The third kappa shape index (κ3) is 3.40. The van der Waals surface area contributed by atoms with Gasteiger partial charge in [0.25, 0.3) is 15.7 Å². The van der Waals surface area contributed by atoms with Gasteiger partial charge in [0.2, 0.25) is 0 Å². The van der Waals surface area contributed by atoms with Gasteiger partial charge < -0.3 is 1.43 Å². The van der Waals surface area contributed by atoms with Crippen molar-refractivity contribution in [3.05, 3.63) is 34.4 Å². The summed E-state index contributed by atoms with van der Waals surface area (Å²) in [7, 11) is -4.00. The summed E-state index contributed by atoms with van der Waals surface area (Å²) in [6.07, 6.45) is 0. The first-order valence-electron chi connectivity index (χ1n) is 3.35. The molecule has 0 aliphatic carbocycles. The molecule has 0 spiro atoms. The maximum atomic E-state index is 11.2. The molecule has 0 unspecified atom stereocenters. The van der Waals surface area contributed by atoms with E-state index < -0.39 is 25.5 Å². The minimum atomic E-state index is -4.00. The number of nitrogens with zero attached hydrogens (tertiary/aromatic N) is 1. The normalized spacial score (nSPS) is 10.5. The summed E-state index contributed by atoms with van der Waals surface area (Å²) in [5.41, 5.74) is -0.513. The molecular formula is C6H6ClN2NaO4S. The van der Waals surface area contributed by atoms with Gasteiger partial charge in [0.15, 0.2) is 4.90 Å². The Balaban J connectivity index is 0. The molecule has 78 valence electrons. The number of rotatable bonds is 3. The van der Waals surface area contributed by atoms with Crippen molar-refractivity contribution in [2.45, 2.75) is 4.90 Å². The van der Waals surface area contributed by atoms with Crippen LogP contribution >= 0.6 is 11.8 Å². The Hall–Kier alpha value is -0.180. The van der Waals surface area contributed by atoms with Crippen molar-refractivity contribution in [3.63, 3.8) is 0 Å². The molecule has 1 rings (SSSR count). The fourth-order valence-corrected chi connectivity index (χ4v) is 1.88. The number of nitro benzene ring substituents is 1. The topological polar surface area (TPSA) is 89.3 Å². The number of para-hydroxylation sites is 1. The summed E-state index contributed by atoms with van der Waals surface area (Å²) >= 11 is 4.94. The second-order valence-electron chi connectivity index (χ2n) is 2.31. The van der Waals surface area contributed by atoms with Crippen LogP contribution in [0.15, 0.2) is 29.2 Å². The predicted molar refractivity (Wildman–Crippen MR) is 50.4 cm³/mol. The summed E-state index contributed by atoms with van der Waals surface area (Å²) < 4.78 is 23.9. The molecule has 0 aliphatic rings. The molecule has 1 aromatic rings. The van der Waals surface area contributed by atoms with Crippen LogP contribution in [0.5, 0.6) is 0 Å². The molecule has 0 atom stereocenters. The average molecular weight is 261 g/mol. The molecule has 1 aromatic carbocycles. The monoisotopic (exact) mass is 260 g/mol. The molecule has 1 N–H and O–H groups in total. The van der Waals surface area contributed by atoms with Crippen molar-refractivity contribution in [2.75, 3.05) is 0 Å². The largest absolute Gasteiger partial charge is 1.00 e. The molecule has 0 fully saturated rings. The summed E-state index contributed by atoms with van der Waals surface area (Å²) in [4.78, 5) is 9.21. The zero-order valence-electron chi connectivity index (χ0n) is 8.68. The number of hydrogen-bond donors (Lipinski definition) is 1. The van der Waals surface area contributed by atoms with Gasteiger partial charge >= 0.3 is 29.6 Å². The number of halogens is 1. The minimum absolute atomic E-state index is 0. The van der Waals surface area contributed by atoms with Gasteiger partial charge in [-0.05, 0) is 17.8 Å². The first kappa shape index (κ1) is 14.8. The molecule has 0 saturated carbocycles. The van der Waals surface area contributed by atoms with E-state index in [0.29, 0.717) is 0 Å². The fourth-order valence-electron chi connectivity index (χ4n) is 0.877. The maximum absolute atomic E-state index is 11.2. The van der Waals surface area contributed by atoms with E-state index in [1.54, 1.807) is 0 Å². The minimum Gasteiger partial charge on any atom is -1.00 e. The molecule has 0 aromatic heterocycles. The van der Waals surface area contributed by atoms with Crippen molar-refractivity contribution in [2.24, 2.45) is 0 Å². The Labute approximate surface area is 115 Å². The molecule has 0 aliphatic heterocycles. The number of nitrogens with one attached hydrogen (secondary N) is 1. The van der Waals surface area contributed by atoms with Crippen molar-refractivity contribution < 1.29 is 44.3 Å². The van der Waals surface area contributed by atoms with E-state index in [0.717, 1.165) is 12.1 Å². The number of hydrogen-bond acceptors (Lipinski definition) is 4. The maximum Gasteiger partial charge on any atom is 1.00 e. The molecule has 0 heterocycles. The van der Waals surface area contributed by atoms with E-state index >= 15 is 0 Å². The van der Waals surface area contributed by atoms with E-state index in [1.807, 2.05) is 0 Å². The van der Waals surface area contributed by atoms with Crippen LogP contribution in [-0.2, 0) is 10.0 Å². The Morgan fingerprint density at radius 2 is 1.93 bits per heavy atom. The second kappa shape index (κ2) is 5.78. The van der Waals surface area contributed by atoms with Crippen LogP contribution in [0.1, 0.15) is 1.43 Å². The van der Waals surface area contributed by atoms with E-state index in [4.69, 9.17) is 11.8 Å². The molecule has 9 heteroatoms. The van der Waals surface area contributed by atoms with E-state index in [2.05, 4.69) is 0 Å². The van der Waals surface area contributed by atoms with Gasteiger partial charge in [-0.25, -0.2) is 8.42 Å². The van der Waals surface area contributed by atoms with Gasteiger partial charge in [-0.15, -0.1) is 4.24 Å². The molecule has 6 nitrogen and oxygen atoms in total. The van der Waals surface area contributed by atoms with Crippen molar-refractivity contribution >= 4 is 27.5 Å². The first-order valence-corrected chi connectivity index (χ1v) is 5.21. The van der Waals surface area contributed by atoms with Crippen molar-refractivity contribution in [3.8, 4) is 0 Å². The molecule has 0 amide bonds. The third-order valence-corrected chi connectivity index (χ3v) is 3.19. The Kier molecular flexibility index (Phi) is 5.71. The van der Waals surface area contributed by atoms with Gasteiger partial charge in [0.1, 0.15) is 0 Å². The van der Waals surface area contributed by atoms with Gasteiger partial charge in [-0.1, -0.05) is 12.1 Å². The SMILES string of the molecule is O=[N+]([O-])c1ccccc1S(=O)(=O)NCl.[H-].[Na+]. The molecule has 0 radical (unpaired) electrons. The van der Waals surface area contributed by atoms with E-state index in [-0.39, 0.29) is 31.0 Å². The van der Waals surface area contributed by atoms with Crippen LogP contribution < -0.4 is 33.8 Å². The number of sulfonamides is 1. The quantitative estimate of drug-likeness (QED) is 0.299. The van der Waals surface area contributed by atoms with Crippen molar-refractivity contribution in [1.29, 1.82) is 0 Å². The molecule has 0 bridgehead atoms. The van der Waals surface area contributed by atoms with Crippen molar-refractivity contribution in [1.82, 2.24) is 4.24 Å². The molecule has 0 saturated heterocycles. The number of nitro groups is 1. The Morgan fingerprint density at radius 1 is 1.40 bits per heavy atom. The van der Waals surface area contributed by atoms with Crippen LogP contribution in [0.2, 0.25) is 0 Å². The van der Waals surface area contributed by atoms with Gasteiger partial charge in [-0.2, -0.15) is 0 Å². The summed E-state index contributed by atoms with van der Waals surface area (Å²) in [5.74, 6) is 0. The average Bonchev–Trinajstić information content (AvgIpc) is 2.18. The van der Waals surface area contributed by atoms with Gasteiger partial charge in [0, 0.05) is 6.07 Å². The van der Waals surface area contributed by atoms with E-state index in [1.165, 1.54) is 16.4 Å². The van der Waals surface area contributed by atoms with Crippen LogP contribution in [0, 0.1) is 10.1 Å². The zero-order valence-corrected chi connectivity index (χ0v) is 11.2. The van der Waals surface area contributed by atoms with Gasteiger partial charge in [0.05, 0.1) is 4.92 Å². The van der Waals surface area contributed by atoms with Crippen LogP contribution in [0.3, 0.4) is 0 Å². The summed E-state index contributed by atoms with van der Waals surface area (Å²) in [6, 6.07) is 4.92. The van der Waals surface area contributed by atoms with Crippen LogP contribution in [0.25, 0.3) is 0 Å². The zero-order chi connectivity index (χ0) is 10.8. The smallest absolute Gasteiger partial charge is 1.00 e. The van der Waals surface area contributed by atoms with Gasteiger partial charge in [-0.3, -0.25) is 10.1 Å². The summed E-state index contributed by atoms with van der Waals surface area (Å²) in [5, 5.41) is 10.5. The standard InChI is InChI=1S/C6H5ClN2O4S.Na.H/c7-8-14(12,13)6-4-2-1-3-5(6)9(10)11;;/h1-4,8H;;/q;+1;-1. The van der Waals surface area contributed by atoms with Crippen LogP contribution in [-0.4, -0.2) is 13.3 Å². The summed E-state index contributed by atoms with van der Waals surface area (Å²) in [6.45, 7) is 0. The Bertz CT molecular complexity index is 469. The van der Waals surface area contributed by atoms with E-state index in [9.17, 15) is 18.5 Å². The molecule has 15 heavy (non-hydrogen) atoms. The molecular weight excluding hydrogens is 255 g/mol. The Morgan fingerprint density at radius 3 is 2.40 bits per heavy atom. The third-order valence-electron chi connectivity index (χ3n) is 1.45.